The first-order chi connectivity index (χ1) is 13.6. The van der Waals surface area contributed by atoms with Gasteiger partial charge in [-0.3, -0.25) is 10.1 Å². The van der Waals surface area contributed by atoms with E-state index in [-0.39, 0.29) is 18.3 Å². The average molecular weight is 420 g/mol. The Balaban J connectivity index is 0.00000240. The van der Waals surface area contributed by atoms with Gasteiger partial charge in [0.2, 0.25) is 5.95 Å². The highest BCUT2D eigenvalue weighted by molar-refractivity contribution is 6.03. The van der Waals surface area contributed by atoms with Gasteiger partial charge in [-0.1, -0.05) is 6.92 Å². The number of carbonyl (C=O) groups excluding carboxylic acids is 1. The summed E-state index contributed by atoms with van der Waals surface area (Å²) in [7, 11) is 1.81. The number of rotatable bonds is 4. The number of halogens is 1. The van der Waals surface area contributed by atoms with Crippen LogP contribution < -0.4 is 15.5 Å². The van der Waals surface area contributed by atoms with E-state index in [4.69, 9.17) is 0 Å². The fraction of sp³-hybridized carbons (Fsp3) is 0.600. The molecule has 8 nitrogen and oxygen atoms in total. The van der Waals surface area contributed by atoms with E-state index in [1.54, 1.807) is 10.9 Å². The molecule has 0 saturated carbocycles. The third kappa shape index (κ3) is 5.05. The number of piperidine rings is 2. The molecule has 0 aromatic carbocycles. The molecule has 2 aromatic heterocycles. The summed E-state index contributed by atoms with van der Waals surface area (Å²) in [5.74, 6) is 3.16. The summed E-state index contributed by atoms with van der Waals surface area (Å²) in [6.07, 6.45) is 6.08. The monoisotopic (exact) mass is 419 g/mol. The number of pyridine rings is 1. The molecule has 4 rings (SSSR count). The molecule has 2 aromatic rings. The Morgan fingerprint density at radius 2 is 1.90 bits per heavy atom. The molecule has 1 amide bonds. The highest BCUT2D eigenvalue weighted by Gasteiger charge is 2.22. The summed E-state index contributed by atoms with van der Waals surface area (Å²) < 4.78 is 1.64. The number of nitrogens with one attached hydrogen (secondary N) is 2. The van der Waals surface area contributed by atoms with E-state index in [1.807, 2.05) is 19.2 Å². The number of aryl methyl sites for hydroxylation is 1. The van der Waals surface area contributed by atoms with Crippen LogP contribution in [0.25, 0.3) is 0 Å². The van der Waals surface area contributed by atoms with Crippen molar-refractivity contribution in [2.24, 2.45) is 13.0 Å². The zero-order valence-electron chi connectivity index (χ0n) is 17.1. The Kier molecular flexibility index (Phi) is 7.08. The summed E-state index contributed by atoms with van der Waals surface area (Å²) in [4.78, 5) is 24.0. The van der Waals surface area contributed by atoms with Crippen LogP contribution in [0.15, 0.2) is 18.3 Å². The number of nitrogens with zero attached hydrogens (tertiary/aromatic N) is 5. The van der Waals surface area contributed by atoms with Crippen LogP contribution in [0.1, 0.15) is 54.7 Å². The smallest absolute Gasteiger partial charge is 0.259 e. The summed E-state index contributed by atoms with van der Waals surface area (Å²) in [5.41, 5.74) is 0.528. The van der Waals surface area contributed by atoms with E-state index >= 15 is 0 Å². The van der Waals surface area contributed by atoms with Gasteiger partial charge in [0.1, 0.15) is 5.82 Å². The number of carbonyl (C=O) groups is 1. The predicted octanol–water partition coefficient (Wildman–Crippen LogP) is 2.59. The van der Waals surface area contributed by atoms with Crippen LogP contribution >= 0.6 is 12.4 Å². The third-order valence-corrected chi connectivity index (χ3v) is 5.83. The van der Waals surface area contributed by atoms with E-state index in [9.17, 15) is 4.79 Å². The summed E-state index contributed by atoms with van der Waals surface area (Å²) in [6.45, 7) is 6.31. The Bertz CT molecular complexity index is 809. The molecule has 4 heterocycles. The van der Waals surface area contributed by atoms with E-state index in [0.29, 0.717) is 17.4 Å². The van der Waals surface area contributed by atoms with E-state index in [0.717, 1.165) is 56.6 Å². The van der Waals surface area contributed by atoms with Crippen LogP contribution in [0.2, 0.25) is 0 Å². The quantitative estimate of drug-likeness (QED) is 0.791. The first-order valence-corrected chi connectivity index (χ1v) is 10.2. The molecule has 0 atom stereocenters. The van der Waals surface area contributed by atoms with Crippen LogP contribution in [-0.2, 0) is 7.05 Å². The lowest BCUT2D eigenvalue weighted by Gasteiger charge is -2.31. The highest BCUT2D eigenvalue weighted by Crippen LogP contribution is 2.24. The van der Waals surface area contributed by atoms with Gasteiger partial charge in [-0.05, 0) is 56.8 Å². The maximum absolute atomic E-state index is 12.6. The minimum absolute atomic E-state index is 0. The maximum atomic E-state index is 12.6. The summed E-state index contributed by atoms with van der Waals surface area (Å²) in [6, 6.07) is 3.77. The van der Waals surface area contributed by atoms with Gasteiger partial charge < -0.3 is 10.2 Å². The van der Waals surface area contributed by atoms with Crippen molar-refractivity contribution in [2.45, 2.75) is 38.5 Å². The van der Waals surface area contributed by atoms with Crippen molar-refractivity contribution in [3.63, 3.8) is 0 Å². The second-order valence-electron chi connectivity index (χ2n) is 7.97. The molecular weight excluding hydrogens is 390 g/mol. The van der Waals surface area contributed by atoms with E-state index in [1.165, 1.54) is 12.8 Å². The van der Waals surface area contributed by atoms with E-state index in [2.05, 4.69) is 37.5 Å². The molecule has 2 saturated heterocycles. The molecule has 2 aliphatic rings. The van der Waals surface area contributed by atoms with Gasteiger partial charge in [0, 0.05) is 32.3 Å². The van der Waals surface area contributed by atoms with Gasteiger partial charge in [-0.25, -0.2) is 9.67 Å². The Labute approximate surface area is 177 Å². The lowest BCUT2D eigenvalue weighted by Crippen LogP contribution is -2.33. The lowest BCUT2D eigenvalue weighted by molar-refractivity contribution is 0.102. The molecule has 9 heteroatoms. The molecule has 2 fully saturated rings. The largest absolute Gasteiger partial charge is 0.357 e. The number of hydrogen-bond donors (Lipinski definition) is 2. The van der Waals surface area contributed by atoms with Crippen molar-refractivity contribution in [1.29, 1.82) is 0 Å². The molecule has 2 aliphatic heterocycles. The number of anilines is 2. The van der Waals surface area contributed by atoms with Crippen molar-refractivity contribution in [1.82, 2.24) is 25.1 Å². The second-order valence-corrected chi connectivity index (χ2v) is 7.97. The molecule has 0 bridgehead atoms. The van der Waals surface area contributed by atoms with Gasteiger partial charge in [0.05, 0.1) is 5.56 Å². The fourth-order valence-corrected chi connectivity index (χ4v) is 3.89. The van der Waals surface area contributed by atoms with Crippen LogP contribution in [0.5, 0.6) is 0 Å². The molecule has 0 spiro atoms. The van der Waals surface area contributed by atoms with Crippen LogP contribution in [0, 0.1) is 5.92 Å². The van der Waals surface area contributed by atoms with Gasteiger partial charge in [-0.15, -0.1) is 12.4 Å². The maximum Gasteiger partial charge on any atom is 0.259 e. The number of hydrogen-bond acceptors (Lipinski definition) is 6. The topological polar surface area (TPSA) is 88.0 Å². The van der Waals surface area contributed by atoms with Crippen molar-refractivity contribution >= 4 is 30.1 Å². The zero-order valence-corrected chi connectivity index (χ0v) is 17.9. The zero-order chi connectivity index (χ0) is 19.5. The minimum atomic E-state index is -0.210. The van der Waals surface area contributed by atoms with Crippen molar-refractivity contribution in [3.05, 3.63) is 29.7 Å². The van der Waals surface area contributed by atoms with Crippen molar-refractivity contribution < 1.29 is 4.79 Å². The van der Waals surface area contributed by atoms with Crippen molar-refractivity contribution in [3.8, 4) is 0 Å². The average Bonchev–Trinajstić information content (AvgIpc) is 3.10. The van der Waals surface area contributed by atoms with Crippen molar-refractivity contribution in [2.75, 3.05) is 36.4 Å². The van der Waals surface area contributed by atoms with Gasteiger partial charge in [0.25, 0.3) is 5.91 Å². The molecule has 0 aliphatic carbocycles. The molecule has 158 valence electrons. The minimum Gasteiger partial charge on any atom is -0.357 e. The summed E-state index contributed by atoms with van der Waals surface area (Å²) >= 11 is 0. The van der Waals surface area contributed by atoms with Gasteiger partial charge in [0.15, 0.2) is 5.82 Å². The normalized spacial score (nSPS) is 18.3. The van der Waals surface area contributed by atoms with E-state index < -0.39 is 0 Å². The fourth-order valence-electron chi connectivity index (χ4n) is 3.89. The Morgan fingerprint density at radius 1 is 1.17 bits per heavy atom. The van der Waals surface area contributed by atoms with Crippen LogP contribution in [0.4, 0.5) is 11.8 Å². The van der Waals surface area contributed by atoms with Crippen LogP contribution in [-0.4, -0.2) is 51.8 Å². The number of aromatic nitrogens is 4. The lowest BCUT2D eigenvalue weighted by atomic mass is 9.98. The first kappa shape index (κ1) is 21.5. The molecule has 2 N–H and O–H groups in total. The summed E-state index contributed by atoms with van der Waals surface area (Å²) in [5, 5.41) is 10.7. The Morgan fingerprint density at radius 3 is 2.55 bits per heavy atom. The molecular formula is C20H30ClN7O. The molecule has 0 radical (unpaired) electrons. The predicted molar refractivity (Wildman–Crippen MR) is 116 cm³/mol. The molecule has 29 heavy (non-hydrogen) atoms. The van der Waals surface area contributed by atoms with Gasteiger partial charge >= 0.3 is 0 Å². The SMILES string of the molecule is CC1CCN(c2ccc(C(=O)Nc3nc(C4CCNCC4)nn3C)cn2)CC1.Cl. The Hall–Kier alpha value is -2.19. The first-order valence-electron chi connectivity index (χ1n) is 10.2. The standard InChI is InChI=1S/C20H29N7O.ClH/c1-14-7-11-27(12-8-14)17-4-3-16(13-22-17)19(28)24-20-23-18(25-26(20)2)15-5-9-21-10-6-15;/h3-4,13-15,21H,5-12H2,1-2H3,(H,23,24,25,28);1H. The molecule has 0 unspecified atom stereocenters. The van der Waals surface area contributed by atoms with Gasteiger partial charge in [-0.2, -0.15) is 10.1 Å². The third-order valence-electron chi connectivity index (χ3n) is 5.83. The number of amides is 1. The highest BCUT2D eigenvalue weighted by atomic mass is 35.5. The van der Waals surface area contributed by atoms with Crippen LogP contribution in [0.3, 0.4) is 0 Å². The second kappa shape index (κ2) is 9.54.